The second-order valence-corrected chi connectivity index (χ2v) is 8.24. The van der Waals surface area contributed by atoms with Crippen molar-refractivity contribution in [2.24, 2.45) is 0 Å². The lowest BCUT2D eigenvalue weighted by atomic mass is 10.0. The molecule has 0 saturated carbocycles. The number of urea groups is 1. The number of benzene rings is 1. The van der Waals surface area contributed by atoms with Gasteiger partial charge in [-0.05, 0) is 42.5 Å². The molecule has 30 heavy (non-hydrogen) atoms. The Morgan fingerprint density at radius 1 is 1.07 bits per heavy atom. The zero-order chi connectivity index (χ0) is 21.3. The van der Waals surface area contributed by atoms with Crippen molar-refractivity contribution in [2.45, 2.75) is 25.4 Å². The van der Waals surface area contributed by atoms with Crippen LogP contribution in [-0.2, 0) is 16.1 Å². The first-order chi connectivity index (χ1) is 14.5. The van der Waals surface area contributed by atoms with Crippen molar-refractivity contribution in [1.82, 2.24) is 14.7 Å². The number of carbonyl (C=O) groups is 3. The van der Waals surface area contributed by atoms with Crippen LogP contribution in [0.5, 0.6) is 11.5 Å². The number of hydrogen-bond donors (Lipinski definition) is 0. The van der Waals surface area contributed by atoms with Gasteiger partial charge in [0.25, 0.3) is 0 Å². The molecule has 0 spiro atoms. The second kappa shape index (κ2) is 8.45. The normalized spacial score (nSPS) is 19.8. The molecule has 1 unspecified atom stereocenters. The quantitative estimate of drug-likeness (QED) is 0.497. The second-order valence-electron chi connectivity index (χ2n) is 7.21. The third kappa shape index (κ3) is 3.66. The van der Waals surface area contributed by atoms with Crippen LogP contribution in [0.1, 0.15) is 29.3 Å². The Morgan fingerprint density at radius 3 is 2.57 bits per heavy atom. The molecule has 1 aromatic carbocycles. The molecule has 0 radical (unpaired) electrons. The van der Waals surface area contributed by atoms with Crippen LogP contribution in [0, 0.1) is 0 Å². The maximum Gasteiger partial charge on any atom is 0.335 e. The first-order valence-corrected chi connectivity index (χ1v) is 10.6. The number of imide groups is 2. The van der Waals surface area contributed by atoms with Crippen molar-refractivity contribution in [3.05, 3.63) is 46.2 Å². The highest BCUT2D eigenvalue weighted by Gasteiger charge is 2.46. The molecule has 0 N–H and O–H groups in total. The van der Waals surface area contributed by atoms with Gasteiger partial charge in [-0.1, -0.05) is 6.07 Å². The predicted molar refractivity (Wildman–Crippen MR) is 110 cm³/mol. The van der Waals surface area contributed by atoms with E-state index in [2.05, 4.69) is 0 Å². The number of thiophene rings is 1. The summed E-state index contributed by atoms with van der Waals surface area (Å²) in [5, 5.41) is 1.87. The fourth-order valence-corrected chi connectivity index (χ4v) is 4.69. The van der Waals surface area contributed by atoms with E-state index >= 15 is 0 Å². The van der Waals surface area contributed by atoms with Gasteiger partial charge in [-0.15, -0.1) is 11.3 Å². The Balaban J connectivity index is 1.54. The van der Waals surface area contributed by atoms with Crippen molar-refractivity contribution < 1.29 is 23.9 Å². The number of likely N-dealkylation sites (tertiary alicyclic amines) is 1. The third-order valence-electron chi connectivity index (χ3n) is 5.51. The van der Waals surface area contributed by atoms with Gasteiger partial charge in [-0.3, -0.25) is 19.4 Å². The highest BCUT2D eigenvalue weighted by molar-refractivity contribution is 7.09. The molecule has 0 aliphatic carbocycles. The van der Waals surface area contributed by atoms with Crippen molar-refractivity contribution in [1.29, 1.82) is 0 Å². The number of methoxy groups -OCH3 is 2. The maximum atomic E-state index is 12.9. The van der Waals surface area contributed by atoms with Crippen LogP contribution in [0.25, 0.3) is 0 Å². The molecule has 4 rings (SSSR count). The summed E-state index contributed by atoms with van der Waals surface area (Å²) in [5.41, 5.74) is 0.940. The molecule has 9 heteroatoms. The SMILES string of the molecule is COc1ccc(OC)c(C2CCCN2CN2C(=O)C(=O)N(Cc3cccs3)C2=O)c1. The van der Waals surface area contributed by atoms with E-state index in [1.54, 1.807) is 14.2 Å². The van der Waals surface area contributed by atoms with Crippen molar-refractivity contribution in [3.63, 3.8) is 0 Å². The summed E-state index contributed by atoms with van der Waals surface area (Å²) in [7, 11) is 3.21. The molecule has 2 fully saturated rings. The number of amides is 4. The molecular formula is C21H23N3O5S. The Kier molecular flexibility index (Phi) is 5.74. The summed E-state index contributed by atoms with van der Waals surface area (Å²) in [5.74, 6) is -0.117. The minimum atomic E-state index is -0.778. The van der Waals surface area contributed by atoms with Crippen molar-refractivity contribution >= 4 is 29.2 Å². The third-order valence-corrected chi connectivity index (χ3v) is 6.37. The summed E-state index contributed by atoms with van der Waals surface area (Å²) in [6, 6.07) is 8.67. The minimum absolute atomic E-state index is 0.0444. The topological polar surface area (TPSA) is 79.4 Å². The van der Waals surface area contributed by atoms with Gasteiger partial charge in [-0.2, -0.15) is 0 Å². The van der Waals surface area contributed by atoms with E-state index in [0.717, 1.165) is 38.8 Å². The van der Waals surface area contributed by atoms with Gasteiger partial charge < -0.3 is 9.47 Å². The van der Waals surface area contributed by atoms with E-state index < -0.39 is 17.8 Å². The van der Waals surface area contributed by atoms with Gasteiger partial charge in [0.1, 0.15) is 11.5 Å². The predicted octanol–water partition coefficient (Wildman–Crippen LogP) is 2.85. The first-order valence-electron chi connectivity index (χ1n) is 9.69. The van der Waals surface area contributed by atoms with Crippen LogP contribution in [0.4, 0.5) is 4.79 Å². The van der Waals surface area contributed by atoms with Crippen LogP contribution in [0.15, 0.2) is 35.7 Å². The Hall–Kier alpha value is -2.91. The molecule has 2 aromatic rings. The first kappa shape index (κ1) is 20.4. The van der Waals surface area contributed by atoms with E-state index in [9.17, 15) is 14.4 Å². The van der Waals surface area contributed by atoms with Crippen LogP contribution >= 0.6 is 11.3 Å². The van der Waals surface area contributed by atoms with Gasteiger partial charge in [0, 0.05) is 23.0 Å². The lowest BCUT2D eigenvalue weighted by molar-refractivity contribution is -0.144. The van der Waals surface area contributed by atoms with Crippen molar-refractivity contribution in [3.8, 4) is 11.5 Å². The molecule has 3 heterocycles. The molecule has 2 saturated heterocycles. The smallest absolute Gasteiger partial charge is 0.335 e. The largest absolute Gasteiger partial charge is 0.497 e. The highest BCUT2D eigenvalue weighted by atomic mass is 32.1. The molecule has 2 aliphatic rings. The van der Waals surface area contributed by atoms with Crippen LogP contribution < -0.4 is 9.47 Å². The van der Waals surface area contributed by atoms with Gasteiger partial charge in [-0.25, -0.2) is 9.69 Å². The Labute approximate surface area is 178 Å². The zero-order valence-electron chi connectivity index (χ0n) is 16.9. The average Bonchev–Trinajstić information content (AvgIpc) is 3.49. The molecule has 158 valence electrons. The van der Waals surface area contributed by atoms with Gasteiger partial charge in [0.15, 0.2) is 0 Å². The average molecular weight is 429 g/mol. The van der Waals surface area contributed by atoms with E-state index in [1.165, 1.54) is 11.3 Å². The van der Waals surface area contributed by atoms with E-state index in [0.29, 0.717) is 12.3 Å². The number of carbonyl (C=O) groups excluding carboxylic acids is 3. The Morgan fingerprint density at radius 2 is 1.87 bits per heavy atom. The van der Waals surface area contributed by atoms with E-state index in [4.69, 9.17) is 9.47 Å². The number of hydrogen-bond acceptors (Lipinski definition) is 7. The monoisotopic (exact) mass is 429 g/mol. The summed E-state index contributed by atoms with van der Waals surface area (Å²) in [6.07, 6.45) is 1.76. The van der Waals surface area contributed by atoms with Gasteiger partial charge >= 0.3 is 17.8 Å². The molecule has 1 aromatic heterocycles. The molecule has 4 amide bonds. The maximum absolute atomic E-state index is 12.9. The van der Waals surface area contributed by atoms with E-state index in [1.807, 2.05) is 40.6 Å². The zero-order valence-corrected chi connectivity index (χ0v) is 17.7. The molecule has 0 bridgehead atoms. The molecule has 2 aliphatic heterocycles. The molecule has 8 nitrogen and oxygen atoms in total. The standard InChI is InChI=1S/C21H23N3O5S/c1-28-14-7-8-18(29-2)16(11-14)17-6-3-9-22(17)13-24-20(26)19(25)23(21(24)27)12-15-5-4-10-30-15/h4-5,7-8,10-11,17H,3,6,9,12-13H2,1-2H3. The van der Waals surface area contributed by atoms with Crippen LogP contribution in [0.2, 0.25) is 0 Å². The number of ether oxygens (including phenoxy) is 2. The summed E-state index contributed by atoms with van der Waals surface area (Å²) in [6.45, 7) is 0.890. The fourth-order valence-electron chi connectivity index (χ4n) is 4.00. The Bertz CT molecular complexity index is 962. The lowest BCUT2D eigenvalue weighted by Gasteiger charge is -2.29. The summed E-state index contributed by atoms with van der Waals surface area (Å²) >= 11 is 1.44. The van der Waals surface area contributed by atoms with Crippen LogP contribution in [0.3, 0.4) is 0 Å². The van der Waals surface area contributed by atoms with Gasteiger partial charge in [0.05, 0.1) is 27.4 Å². The van der Waals surface area contributed by atoms with E-state index in [-0.39, 0.29) is 19.3 Å². The fraction of sp³-hybridized carbons (Fsp3) is 0.381. The van der Waals surface area contributed by atoms with Crippen molar-refractivity contribution in [2.75, 3.05) is 27.4 Å². The minimum Gasteiger partial charge on any atom is -0.497 e. The summed E-state index contributed by atoms with van der Waals surface area (Å²) < 4.78 is 10.9. The number of rotatable bonds is 7. The molecule has 1 atom stereocenters. The number of nitrogens with zero attached hydrogens (tertiary/aromatic N) is 3. The summed E-state index contributed by atoms with van der Waals surface area (Å²) in [4.78, 5) is 42.8. The lowest BCUT2D eigenvalue weighted by Crippen LogP contribution is -2.42. The molecular weight excluding hydrogens is 406 g/mol. The van der Waals surface area contributed by atoms with Gasteiger partial charge in [0.2, 0.25) is 0 Å². The van der Waals surface area contributed by atoms with Crippen LogP contribution in [-0.4, -0.2) is 60.0 Å². The highest BCUT2D eigenvalue weighted by Crippen LogP contribution is 2.39.